The summed E-state index contributed by atoms with van der Waals surface area (Å²) >= 11 is 0. The largest absolute Gasteiger partial charge is 0.342 e. The summed E-state index contributed by atoms with van der Waals surface area (Å²) in [6, 6.07) is 3.72. The van der Waals surface area contributed by atoms with Gasteiger partial charge in [0.2, 0.25) is 17.6 Å². The fourth-order valence-electron chi connectivity index (χ4n) is 3.42. The molecule has 1 fully saturated rings. The van der Waals surface area contributed by atoms with E-state index in [4.69, 9.17) is 4.52 Å². The standard InChI is InChI=1S/C20H29N5O2/c1-2-25(15-14-24-12-5-3-4-6-13-24)19(26)10-9-18-22-20(23-27-18)17-8-7-11-21-16-17/h7-8,11,16H,2-6,9-10,12-15H2,1H3. The average Bonchev–Trinajstić information content (AvgIpc) is 3.03. The summed E-state index contributed by atoms with van der Waals surface area (Å²) in [7, 11) is 0. The molecule has 3 rings (SSSR count). The van der Waals surface area contributed by atoms with Crippen LogP contribution in [0.25, 0.3) is 11.4 Å². The molecule has 2 aromatic rings. The smallest absolute Gasteiger partial charge is 0.227 e. The fraction of sp³-hybridized carbons (Fsp3) is 0.600. The van der Waals surface area contributed by atoms with Crippen LogP contribution in [0.4, 0.5) is 0 Å². The maximum Gasteiger partial charge on any atom is 0.227 e. The number of hydrogen-bond acceptors (Lipinski definition) is 6. The second-order valence-corrected chi connectivity index (χ2v) is 6.98. The van der Waals surface area contributed by atoms with Gasteiger partial charge in [-0.2, -0.15) is 4.98 Å². The van der Waals surface area contributed by atoms with Gasteiger partial charge in [0.25, 0.3) is 0 Å². The molecule has 0 bridgehead atoms. The molecule has 1 aliphatic rings. The molecule has 1 aliphatic heterocycles. The van der Waals surface area contributed by atoms with Gasteiger partial charge in [-0.1, -0.05) is 18.0 Å². The van der Waals surface area contributed by atoms with Crippen molar-refractivity contribution in [2.45, 2.75) is 45.4 Å². The molecular formula is C20H29N5O2. The predicted octanol–water partition coefficient (Wildman–Crippen LogP) is 2.79. The molecule has 27 heavy (non-hydrogen) atoms. The first kappa shape index (κ1) is 19.5. The molecule has 1 amide bonds. The molecule has 0 unspecified atom stereocenters. The fourth-order valence-corrected chi connectivity index (χ4v) is 3.42. The summed E-state index contributed by atoms with van der Waals surface area (Å²) in [4.78, 5) is 25.4. The van der Waals surface area contributed by atoms with Gasteiger partial charge >= 0.3 is 0 Å². The highest BCUT2D eigenvalue weighted by molar-refractivity contribution is 5.76. The van der Waals surface area contributed by atoms with E-state index in [0.29, 0.717) is 24.6 Å². The van der Waals surface area contributed by atoms with Gasteiger partial charge in [-0.05, 0) is 45.0 Å². The monoisotopic (exact) mass is 371 g/mol. The van der Waals surface area contributed by atoms with Gasteiger partial charge in [0.1, 0.15) is 0 Å². The van der Waals surface area contributed by atoms with Crippen molar-refractivity contribution >= 4 is 5.91 Å². The van der Waals surface area contributed by atoms with Gasteiger partial charge in [0.05, 0.1) is 0 Å². The first-order valence-electron chi connectivity index (χ1n) is 9.99. The number of amides is 1. The number of carbonyl (C=O) groups excluding carboxylic acids is 1. The second kappa shape index (κ2) is 10.2. The van der Waals surface area contributed by atoms with Crippen LogP contribution >= 0.6 is 0 Å². The van der Waals surface area contributed by atoms with Gasteiger partial charge in [0, 0.05) is 50.4 Å². The van der Waals surface area contributed by atoms with E-state index in [0.717, 1.165) is 38.3 Å². The number of carbonyl (C=O) groups is 1. The summed E-state index contributed by atoms with van der Waals surface area (Å²) in [6.07, 6.45) is 9.47. The molecule has 7 heteroatoms. The Hall–Kier alpha value is -2.28. The SMILES string of the molecule is CCN(CCN1CCCCCC1)C(=O)CCc1nc(-c2cccnc2)no1. The van der Waals surface area contributed by atoms with E-state index < -0.39 is 0 Å². The maximum absolute atomic E-state index is 12.6. The second-order valence-electron chi connectivity index (χ2n) is 6.98. The van der Waals surface area contributed by atoms with Crippen molar-refractivity contribution in [3.05, 3.63) is 30.4 Å². The van der Waals surface area contributed by atoms with Crippen molar-refractivity contribution < 1.29 is 9.32 Å². The molecule has 3 heterocycles. The van der Waals surface area contributed by atoms with Crippen molar-refractivity contribution in [1.29, 1.82) is 0 Å². The van der Waals surface area contributed by atoms with Crippen molar-refractivity contribution in [2.24, 2.45) is 0 Å². The highest BCUT2D eigenvalue weighted by Gasteiger charge is 2.16. The summed E-state index contributed by atoms with van der Waals surface area (Å²) in [5.41, 5.74) is 0.812. The maximum atomic E-state index is 12.6. The number of aryl methyl sites for hydroxylation is 1. The Bertz CT molecular complexity index is 695. The van der Waals surface area contributed by atoms with Crippen LogP contribution in [0.3, 0.4) is 0 Å². The molecule has 146 valence electrons. The lowest BCUT2D eigenvalue weighted by Gasteiger charge is -2.26. The van der Waals surface area contributed by atoms with Gasteiger partial charge in [-0.3, -0.25) is 9.78 Å². The van der Waals surface area contributed by atoms with E-state index in [1.54, 1.807) is 12.4 Å². The molecule has 0 N–H and O–H groups in total. The van der Waals surface area contributed by atoms with E-state index in [1.165, 1.54) is 25.7 Å². The van der Waals surface area contributed by atoms with E-state index in [1.807, 2.05) is 24.0 Å². The van der Waals surface area contributed by atoms with Gasteiger partial charge in [-0.15, -0.1) is 0 Å². The zero-order valence-electron chi connectivity index (χ0n) is 16.1. The quantitative estimate of drug-likeness (QED) is 0.710. The van der Waals surface area contributed by atoms with Crippen molar-refractivity contribution in [3.8, 4) is 11.4 Å². The van der Waals surface area contributed by atoms with E-state index in [2.05, 4.69) is 20.0 Å². The number of aromatic nitrogens is 3. The highest BCUT2D eigenvalue weighted by atomic mass is 16.5. The normalized spacial score (nSPS) is 15.4. The molecule has 0 aromatic carbocycles. The molecule has 0 radical (unpaired) electrons. The van der Waals surface area contributed by atoms with Crippen molar-refractivity contribution in [2.75, 3.05) is 32.7 Å². The van der Waals surface area contributed by atoms with Gasteiger partial charge in [0.15, 0.2) is 0 Å². The van der Waals surface area contributed by atoms with Crippen LogP contribution in [0, 0.1) is 0 Å². The minimum Gasteiger partial charge on any atom is -0.342 e. The molecule has 2 aromatic heterocycles. The van der Waals surface area contributed by atoms with E-state index in [-0.39, 0.29) is 5.91 Å². The molecule has 0 atom stereocenters. The van der Waals surface area contributed by atoms with Crippen LogP contribution < -0.4 is 0 Å². The lowest BCUT2D eigenvalue weighted by atomic mass is 10.2. The first-order chi connectivity index (χ1) is 13.3. The van der Waals surface area contributed by atoms with Crippen molar-refractivity contribution in [3.63, 3.8) is 0 Å². The Balaban J connectivity index is 1.46. The van der Waals surface area contributed by atoms with Gasteiger partial charge in [-0.25, -0.2) is 0 Å². The number of rotatable bonds is 8. The number of nitrogens with zero attached hydrogens (tertiary/aromatic N) is 5. The Morgan fingerprint density at radius 3 is 2.78 bits per heavy atom. The summed E-state index contributed by atoms with van der Waals surface area (Å²) in [6.45, 7) is 6.84. The number of likely N-dealkylation sites (tertiary alicyclic amines) is 1. The zero-order chi connectivity index (χ0) is 18.9. The molecular weight excluding hydrogens is 342 g/mol. The predicted molar refractivity (Wildman–Crippen MR) is 103 cm³/mol. The van der Waals surface area contributed by atoms with Crippen LogP contribution in [-0.2, 0) is 11.2 Å². The molecule has 1 saturated heterocycles. The summed E-state index contributed by atoms with van der Waals surface area (Å²) in [5, 5.41) is 3.98. The summed E-state index contributed by atoms with van der Waals surface area (Å²) in [5.74, 6) is 1.15. The number of likely N-dealkylation sites (N-methyl/N-ethyl adjacent to an activating group) is 1. The van der Waals surface area contributed by atoms with E-state index >= 15 is 0 Å². The highest BCUT2D eigenvalue weighted by Crippen LogP contribution is 2.15. The third kappa shape index (κ3) is 5.85. The summed E-state index contributed by atoms with van der Waals surface area (Å²) < 4.78 is 5.28. The lowest BCUT2D eigenvalue weighted by molar-refractivity contribution is -0.131. The molecule has 7 nitrogen and oxygen atoms in total. The third-order valence-electron chi connectivity index (χ3n) is 5.06. The van der Waals surface area contributed by atoms with Crippen LogP contribution in [0.15, 0.2) is 29.0 Å². The Kier molecular flexibility index (Phi) is 7.33. The molecule has 0 spiro atoms. The average molecular weight is 371 g/mol. The Labute approximate surface area is 160 Å². The lowest BCUT2D eigenvalue weighted by Crippen LogP contribution is -2.39. The minimum atomic E-state index is 0.147. The first-order valence-corrected chi connectivity index (χ1v) is 9.99. The van der Waals surface area contributed by atoms with Crippen LogP contribution in [-0.4, -0.2) is 63.6 Å². The number of hydrogen-bond donors (Lipinski definition) is 0. The van der Waals surface area contributed by atoms with Crippen LogP contribution in [0.5, 0.6) is 0 Å². The van der Waals surface area contributed by atoms with E-state index in [9.17, 15) is 4.79 Å². The Morgan fingerprint density at radius 1 is 1.26 bits per heavy atom. The van der Waals surface area contributed by atoms with Crippen molar-refractivity contribution in [1.82, 2.24) is 24.9 Å². The van der Waals surface area contributed by atoms with Gasteiger partial charge < -0.3 is 14.3 Å². The topological polar surface area (TPSA) is 75.4 Å². The molecule has 0 aliphatic carbocycles. The minimum absolute atomic E-state index is 0.147. The van der Waals surface area contributed by atoms with Crippen LogP contribution in [0.1, 0.15) is 44.9 Å². The zero-order valence-corrected chi connectivity index (χ0v) is 16.1. The van der Waals surface area contributed by atoms with Crippen LogP contribution in [0.2, 0.25) is 0 Å². The molecule has 0 saturated carbocycles. The number of pyridine rings is 1. The Morgan fingerprint density at radius 2 is 2.07 bits per heavy atom. The third-order valence-corrected chi connectivity index (χ3v) is 5.06.